The van der Waals surface area contributed by atoms with E-state index in [9.17, 15) is 22.6 Å². The minimum atomic E-state index is -4.82. The van der Waals surface area contributed by atoms with Gasteiger partial charge < -0.3 is 9.47 Å². The lowest BCUT2D eigenvalue weighted by atomic mass is 10.1. The van der Waals surface area contributed by atoms with Crippen LogP contribution in [0.1, 0.15) is 41.0 Å². The molecule has 0 aromatic carbocycles. The van der Waals surface area contributed by atoms with E-state index in [0.29, 0.717) is 0 Å². The molecule has 0 aliphatic rings. The maximum atomic E-state index is 11.9. The Morgan fingerprint density at radius 2 is 1.48 bits per heavy atom. The molecule has 0 bridgehead atoms. The Balaban J connectivity index is 5.02. The fourth-order valence-electron chi connectivity index (χ4n) is 1.25. The standard InChI is InChI=1S/C13H24O7S/c1-9(2)7-19-11(14)6-13(5,21(16,17)18)12(15)20-8-10(3)4/h9-10H,6-8H2,1-5H3,(H,16,17,18). The van der Waals surface area contributed by atoms with Gasteiger partial charge in [0.05, 0.1) is 19.6 Å². The predicted molar refractivity (Wildman–Crippen MR) is 76.2 cm³/mol. The van der Waals surface area contributed by atoms with Gasteiger partial charge in [-0.25, -0.2) is 0 Å². The van der Waals surface area contributed by atoms with Crippen LogP contribution in [0.3, 0.4) is 0 Å². The van der Waals surface area contributed by atoms with E-state index < -0.39 is 33.2 Å². The Morgan fingerprint density at radius 1 is 1.05 bits per heavy atom. The fourth-order valence-corrected chi connectivity index (χ4v) is 1.82. The quantitative estimate of drug-likeness (QED) is 0.531. The maximum absolute atomic E-state index is 11.9. The largest absolute Gasteiger partial charge is 0.465 e. The van der Waals surface area contributed by atoms with Crippen molar-refractivity contribution in [2.75, 3.05) is 13.2 Å². The number of esters is 2. The summed E-state index contributed by atoms with van der Waals surface area (Å²) in [6.07, 6.45) is -0.796. The number of hydrogen-bond acceptors (Lipinski definition) is 6. The summed E-state index contributed by atoms with van der Waals surface area (Å²) >= 11 is 0. The molecule has 0 aromatic heterocycles. The molecule has 124 valence electrons. The van der Waals surface area contributed by atoms with Gasteiger partial charge in [-0.2, -0.15) is 8.42 Å². The number of carbonyl (C=O) groups is 2. The molecule has 1 atom stereocenters. The minimum Gasteiger partial charge on any atom is -0.465 e. The average molecular weight is 324 g/mol. The van der Waals surface area contributed by atoms with Crippen molar-refractivity contribution in [1.29, 1.82) is 0 Å². The van der Waals surface area contributed by atoms with Crippen LogP contribution in [-0.4, -0.2) is 42.9 Å². The van der Waals surface area contributed by atoms with Crippen LogP contribution in [-0.2, 0) is 29.2 Å². The molecule has 1 unspecified atom stereocenters. The third kappa shape index (κ3) is 6.43. The van der Waals surface area contributed by atoms with Crippen molar-refractivity contribution in [3.8, 4) is 0 Å². The summed E-state index contributed by atoms with van der Waals surface area (Å²) in [4.78, 5) is 23.6. The van der Waals surface area contributed by atoms with Gasteiger partial charge in [-0.15, -0.1) is 0 Å². The fraction of sp³-hybridized carbons (Fsp3) is 0.846. The van der Waals surface area contributed by atoms with E-state index in [4.69, 9.17) is 9.47 Å². The molecule has 8 heteroatoms. The molecule has 0 aliphatic carbocycles. The van der Waals surface area contributed by atoms with Crippen LogP contribution >= 0.6 is 0 Å². The van der Waals surface area contributed by atoms with Crippen LogP contribution in [0.15, 0.2) is 0 Å². The molecule has 0 aromatic rings. The van der Waals surface area contributed by atoms with E-state index >= 15 is 0 Å². The van der Waals surface area contributed by atoms with Crippen molar-refractivity contribution in [1.82, 2.24) is 0 Å². The Labute approximate surface area is 125 Å². The lowest BCUT2D eigenvalue weighted by molar-refractivity contribution is -0.154. The maximum Gasteiger partial charge on any atom is 0.330 e. The van der Waals surface area contributed by atoms with Gasteiger partial charge >= 0.3 is 11.9 Å². The highest BCUT2D eigenvalue weighted by molar-refractivity contribution is 7.88. The molecule has 0 aliphatic heterocycles. The molecule has 0 fully saturated rings. The summed E-state index contributed by atoms with van der Waals surface area (Å²) in [7, 11) is -4.82. The first kappa shape index (κ1) is 19.9. The highest BCUT2D eigenvalue weighted by atomic mass is 32.2. The molecule has 0 saturated heterocycles. The molecule has 0 saturated carbocycles. The van der Waals surface area contributed by atoms with E-state index in [1.165, 1.54) is 0 Å². The summed E-state index contributed by atoms with van der Waals surface area (Å²) in [5.74, 6) is -1.99. The van der Waals surface area contributed by atoms with Crippen LogP contribution in [0.4, 0.5) is 0 Å². The lowest BCUT2D eigenvalue weighted by Crippen LogP contribution is -2.47. The van der Waals surface area contributed by atoms with Gasteiger partial charge in [-0.05, 0) is 18.8 Å². The third-order valence-corrected chi connectivity index (χ3v) is 4.06. The van der Waals surface area contributed by atoms with Crippen molar-refractivity contribution in [3.05, 3.63) is 0 Å². The predicted octanol–water partition coefficient (Wildman–Crippen LogP) is 1.42. The third-order valence-electron chi connectivity index (χ3n) is 2.61. The summed E-state index contributed by atoms with van der Waals surface area (Å²) in [6, 6.07) is 0. The molecule has 0 amide bonds. The van der Waals surface area contributed by atoms with Crippen molar-refractivity contribution in [3.63, 3.8) is 0 Å². The lowest BCUT2D eigenvalue weighted by Gasteiger charge is -2.23. The second kappa shape index (κ2) is 7.74. The van der Waals surface area contributed by atoms with E-state index in [-0.39, 0.29) is 25.0 Å². The van der Waals surface area contributed by atoms with Crippen LogP contribution < -0.4 is 0 Å². The Morgan fingerprint density at radius 3 is 1.86 bits per heavy atom. The number of ether oxygens (including phenoxy) is 2. The minimum absolute atomic E-state index is 0.00695. The first-order chi connectivity index (χ1) is 9.40. The summed E-state index contributed by atoms with van der Waals surface area (Å²) in [5.41, 5.74) is 0. The Bertz CT molecular complexity index is 467. The van der Waals surface area contributed by atoms with Crippen molar-refractivity contribution < 1.29 is 32.0 Å². The monoisotopic (exact) mass is 324 g/mol. The average Bonchev–Trinajstić information content (AvgIpc) is 2.31. The summed E-state index contributed by atoms with van der Waals surface area (Å²) < 4.78 is 39.5. The van der Waals surface area contributed by atoms with E-state index in [1.807, 2.05) is 13.8 Å². The number of hydrogen-bond donors (Lipinski definition) is 1. The molecular weight excluding hydrogens is 300 g/mol. The molecule has 1 N–H and O–H groups in total. The molecule has 0 spiro atoms. The SMILES string of the molecule is CC(C)COC(=O)CC(C)(C(=O)OCC(C)C)S(=O)(=O)O. The Hall–Kier alpha value is -1.15. The van der Waals surface area contributed by atoms with E-state index in [1.54, 1.807) is 13.8 Å². The molecule has 0 rings (SSSR count). The van der Waals surface area contributed by atoms with Gasteiger partial charge in [0.1, 0.15) is 0 Å². The van der Waals surface area contributed by atoms with Crippen LogP contribution in [0.5, 0.6) is 0 Å². The van der Waals surface area contributed by atoms with Gasteiger partial charge in [0, 0.05) is 0 Å². The van der Waals surface area contributed by atoms with Gasteiger partial charge in [0.15, 0.2) is 0 Å². The molecule has 0 heterocycles. The van der Waals surface area contributed by atoms with E-state index in [0.717, 1.165) is 6.92 Å². The second-order valence-corrected chi connectivity index (χ2v) is 7.80. The van der Waals surface area contributed by atoms with E-state index in [2.05, 4.69) is 0 Å². The van der Waals surface area contributed by atoms with Gasteiger partial charge in [0.2, 0.25) is 4.75 Å². The smallest absolute Gasteiger partial charge is 0.330 e. The van der Waals surface area contributed by atoms with Crippen molar-refractivity contribution >= 4 is 22.1 Å². The normalized spacial score (nSPS) is 14.9. The zero-order chi connectivity index (χ0) is 16.8. The summed E-state index contributed by atoms with van der Waals surface area (Å²) in [6.45, 7) is 8.20. The molecule has 0 radical (unpaired) electrons. The van der Waals surface area contributed by atoms with Crippen LogP contribution in [0.2, 0.25) is 0 Å². The van der Waals surface area contributed by atoms with Gasteiger partial charge in [-0.1, -0.05) is 27.7 Å². The number of rotatable bonds is 8. The molecule has 21 heavy (non-hydrogen) atoms. The topological polar surface area (TPSA) is 107 Å². The molecule has 7 nitrogen and oxygen atoms in total. The highest BCUT2D eigenvalue weighted by Gasteiger charge is 2.49. The molecular formula is C13H24O7S. The highest BCUT2D eigenvalue weighted by Crippen LogP contribution is 2.24. The zero-order valence-corrected chi connectivity index (χ0v) is 13.9. The zero-order valence-electron chi connectivity index (χ0n) is 13.1. The Kier molecular flexibility index (Phi) is 7.32. The summed E-state index contributed by atoms with van der Waals surface area (Å²) in [5, 5.41) is 0. The van der Waals surface area contributed by atoms with Gasteiger partial charge in [-0.3, -0.25) is 14.1 Å². The van der Waals surface area contributed by atoms with Gasteiger partial charge in [0.25, 0.3) is 10.1 Å². The van der Waals surface area contributed by atoms with Crippen LogP contribution in [0.25, 0.3) is 0 Å². The van der Waals surface area contributed by atoms with Crippen LogP contribution in [0, 0.1) is 11.8 Å². The first-order valence-electron chi connectivity index (χ1n) is 6.70. The van der Waals surface area contributed by atoms with Crippen molar-refractivity contribution in [2.45, 2.75) is 45.8 Å². The first-order valence-corrected chi connectivity index (χ1v) is 8.14. The second-order valence-electron chi connectivity index (χ2n) is 5.95. The number of carbonyl (C=O) groups excluding carboxylic acids is 2. The van der Waals surface area contributed by atoms with Crippen molar-refractivity contribution in [2.24, 2.45) is 11.8 Å².